The van der Waals surface area contributed by atoms with E-state index in [1.54, 1.807) is 0 Å². The van der Waals surface area contributed by atoms with Crippen LogP contribution in [0.1, 0.15) is 25.0 Å². The minimum absolute atomic E-state index is 0.0444. The van der Waals surface area contributed by atoms with E-state index in [0.717, 1.165) is 44.6 Å². The van der Waals surface area contributed by atoms with Crippen LogP contribution in [0.4, 0.5) is 0 Å². The molecule has 0 aliphatic heterocycles. The Bertz CT molecular complexity index is 3070. The first-order valence-corrected chi connectivity index (χ1v) is 18.9. The summed E-state index contributed by atoms with van der Waals surface area (Å²) in [6.07, 6.45) is 3.66. The number of aromatic nitrogens is 3. The van der Waals surface area contributed by atoms with E-state index in [1.807, 2.05) is 24.5 Å². The summed E-state index contributed by atoms with van der Waals surface area (Å²) in [4.78, 5) is 14.8. The van der Waals surface area contributed by atoms with Crippen molar-refractivity contribution in [1.82, 2.24) is 15.0 Å². The van der Waals surface area contributed by atoms with Crippen molar-refractivity contribution in [3.63, 3.8) is 0 Å². The van der Waals surface area contributed by atoms with Gasteiger partial charge in [0, 0.05) is 34.5 Å². The van der Waals surface area contributed by atoms with Crippen LogP contribution in [0.3, 0.4) is 0 Å². The molecule has 0 bridgehead atoms. The molecule has 11 rings (SSSR count). The van der Waals surface area contributed by atoms with Crippen LogP contribution in [0.15, 0.2) is 176 Å². The molecule has 0 amide bonds. The molecule has 0 unspecified atom stereocenters. The van der Waals surface area contributed by atoms with Gasteiger partial charge in [0.15, 0.2) is 5.82 Å². The molecule has 2 aromatic heterocycles. The van der Waals surface area contributed by atoms with Gasteiger partial charge < -0.3 is 0 Å². The Balaban J connectivity index is 1.04. The number of hydrogen-bond acceptors (Lipinski definition) is 3. The average molecular weight is 702 g/mol. The van der Waals surface area contributed by atoms with Crippen molar-refractivity contribution in [3.8, 4) is 67.3 Å². The predicted molar refractivity (Wildman–Crippen MR) is 228 cm³/mol. The molecule has 0 N–H and O–H groups in total. The van der Waals surface area contributed by atoms with Gasteiger partial charge in [-0.3, -0.25) is 4.98 Å². The lowest BCUT2D eigenvalue weighted by molar-refractivity contribution is 0.660. The summed E-state index contributed by atoms with van der Waals surface area (Å²) in [7, 11) is 0. The number of benzene rings is 8. The quantitative estimate of drug-likeness (QED) is 0.168. The largest absolute Gasteiger partial charge is 0.265 e. The minimum atomic E-state index is -0.0444. The number of fused-ring (bicyclic) bond motifs is 3. The molecule has 258 valence electrons. The van der Waals surface area contributed by atoms with E-state index in [0.29, 0.717) is 5.82 Å². The van der Waals surface area contributed by atoms with Gasteiger partial charge in [0.25, 0.3) is 0 Å². The lowest BCUT2D eigenvalue weighted by Crippen LogP contribution is -2.14. The second-order valence-electron chi connectivity index (χ2n) is 15.3. The van der Waals surface area contributed by atoms with Gasteiger partial charge in [-0.25, -0.2) is 9.97 Å². The Morgan fingerprint density at radius 2 is 0.909 bits per heavy atom. The fourth-order valence-electron chi connectivity index (χ4n) is 8.89. The van der Waals surface area contributed by atoms with Gasteiger partial charge in [-0.15, -0.1) is 0 Å². The van der Waals surface area contributed by atoms with Gasteiger partial charge >= 0.3 is 0 Å². The van der Waals surface area contributed by atoms with Gasteiger partial charge in [-0.1, -0.05) is 147 Å². The highest BCUT2D eigenvalue weighted by molar-refractivity contribution is 6.25. The number of hydrogen-bond donors (Lipinski definition) is 0. The third-order valence-electron chi connectivity index (χ3n) is 11.8. The minimum Gasteiger partial charge on any atom is -0.265 e. The lowest BCUT2D eigenvalue weighted by atomic mass is 9.81. The molecule has 2 heterocycles. The monoisotopic (exact) mass is 701 g/mol. The molecule has 10 aromatic rings. The summed E-state index contributed by atoms with van der Waals surface area (Å²) >= 11 is 0. The predicted octanol–water partition coefficient (Wildman–Crippen LogP) is 13.4. The first kappa shape index (κ1) is 31.5. The van der Waals surface area contributed by atoms with E-state index in [-0.39, 0.29) is 5.41 Å². The average Bonchev–Trinajstić information content (AvgIpc) is 3.48. The highest BCUT2D eigenvalue weighted by atomic mass is 14.9. The van der Waals surface area contributed by atoms with Crippen molar-refractivity contribution in [2.24, 2.45) is 0 Å². The van der Waals surface area contributed by atoms with Gasteiger partial charge in [0.2, 0.25) is 0 Å². The SMILES string of the molecule is CC1(C)c2ccccc2-c2ccc(-c3ccc(-c4cc(-c5ccc(-c6ccncc6)cc5)nc(-c5ccc6ccc7cccc8ccc5c6c78)n4)cc3)cc21. The Labute approximate surface area is 320 Å². The summed E-state index contributed by atoms with van der Waals surface area (Å²) in [6.45, 7) is 4.67. The number of pyridine rings is 1. The van der Waals surface area contributed by atoms with Crippen molar-refractivity contribution in [2.75, 3.05) is 0 Å². The molecular formula is C52H35N3. The second kappa shape index (κ2) is 12.0. The van der Waals surface area contributed by atoms with Gasteiger partial charge in [0.1, 0.15) is 0 Å². The highest BCUT2D eigenvalue weighted by Gasteiger charge is 2.35. The summed E-state index contributed by atoms with van der Waals surface area (Å²) in [5.41, 5.74) is 15.0. The molecule has 0 fully saturated rings. The van der Waals surface area contributed by atoms with Crippen LogP contribution in [0, 0.1) is 0 Å². The fraction of sp³-hybridized carbons (Fsp3) is 0.0577. The van der Waals surface area contributed by atoms with Crippen LogP contribution in [0.2, 0.25) is 0 Å². The summed E-state index contributed by atoms with van der Waals surface area (Å²) in [5.74, 6) is 0.716. The molecule has 55 heavy (non-hydrogen) atoms. The molecule has 0 spiro atoms. The molecule has 1 aliphatic carbocycles. The van der Waals surface area contributed by atoms with Crippen LogP contribution in [0.25, 0.3) is 99.6 Å². The molecule has 0 radical (unpaired) electrons. The first-order chi connectivity index (χ1) is 27.0. The normalized spacial score (nSPS) is 13.1. The molecule has 3 heteroatoms. The van der Waals surface area contributed by atoms with Crippen molar-refractivity contribution in [1.29, 1.82) is 0 Å². The van der Waals surface area contributed by atoms with E-state index < -0.39 is 0 Å². The second-order valence-corrected chi connectivity index (χ2v) is 15.3. The smallest absolute Gasteiger partial charge is 0.161 e. The number of rotatable bonds is 5. The Morgan fingerprint density at radius 3 is 1.62 bits per heavy atom. The van der Waals surface area contributed by atoms with Crippen molar-refractivity contribution >= 4 is 32.3 Å². The van der Waals surface area contributed by atoms with Crippen molar-refractivity contribution in [3.05, 3.63) is 187 Å². The highest BCUT2D eigenvalue weighted by Crippen LogP contribution is 2.49. The molecule has 0 saturated heterocycles. The van der Waals surface area contributed by atoms with Gasteiger partial charge in [0.05, 0.1) is 11.4 Å². The first-order valence-electron chi connectivity index (χ1n) is 18.9. The Morgan fingerprint density at radius 1 is 0.382 bits per heavy atom. The van der Waals surface area contributed by atoms with Crippen molar-refractivity contribution < 1.29 is 0 Å². The standard InChI is InChI=1S/C52H35N3/c1-52(2)45-9-4-3-8-41(45)42-23-22-40(30-46(42)52)33-12-16-36(17-13-33)48-31-47(35-14-10-32(11-15-35)34-26-28-53-29-27-34)54-51(55-48)44-25-21-39-19-18-37-6-5-7-38-20-24-43(44)50(39)49(37)38/h3-31H,1-2H3. The molecular weight excluding hydrogens is 667 g/mol. The van der Waals surface area contributed by atoms with E-state index in [2.05, 4.69) is 170 Å². The zero-order valence-electron chi connectivity index (χ0n) is 30.6. The van der Waals surface area contributed by atoms with Crippen molar-refractivity contribution in [2.45, 2.75) is 19.3 Å². The Hall–Kier alpha value is -6.97. The zero-order chi connectivity index (χ0) is 36.7. The molecule has 0 saturated carbocycles. The third kappa shape index (κ3) is 5.01. The van der Waals surface area contributed by atoms with E-state index >= 15 is 0 Å². The van der Waals surface area contributed by atoms with Crippen LogP contribution < -0.4 is 0 Å². The van der Waals surface area contributed by atoms with Gasteiger partial charge in [-0.05, 0) is 107 Å². The molecule has 3 nitrogen and oxygen atoms in total. The maximum absolute atomic E-state index is 5.32. The summed E-state index contributed by atoms with van der Waals surface area (Å²) in [5, 5.41) is 7.42. The zero-order valence-corrected chi connectivity index (χ0v) is 30.6. The summed E-state index contributed by atoms with van der Waals surface area (Å²) < 4.78 is 0. The third-order valence-corrected chi connectivity index (χ3v) is 11.8. The van der Waals surface area contributed by atoms with Crippen LogP contribution in [-0.4, -0.2) is 15.0 Å². The van der Waals surface area contributed by atoms with E-state index in [1.165, 1.54) is 60.3 Å². The molecule has 1 aliphatic rings. The topological polar surface area (TPSA) is 38.7 Å². The molecule has 8 aromatic carbocycles. The van der Waals surface area contributed by atoms with Crippen LogP contribution in [-0.2, 0) is 5.41 Å². The summed E-state index contributed by atoms with van der Waals surface area (Å²) in [6, 6.07) is 59.3. The maximum atomic E-state index is 5.32. The maximum Gasteiger partial charge on any atom is 0.161 e. The number of nitrogens with zero attached hydrogens (tertiary/aromatic N) is 3. The Kier molecular flexibility index (Phi) is 6.90. The van der Waals surface area contributed by atoms with Crippen LogP contribution in [0.5, 0.6) is 0 Å². The van der Waals surface area contributed by atoms with E-state index in [4.69, 9.17) is 9.97 Å². The van der Waals surface area contributed by atoms with Crippen LogP contribution >= 0.6 is 0 Å². The fourth-order valence-corrected chi connectivity index (χ4v) is 8.89. The van der Waals surface area contributed by atoms with Gasteiger partial charge in [-0.2, -0.15) is 0 Å². The lowest BCUT2D eigenvalue weighted by Gasteiger charge is -2.22. The molecule has 0 atom stereocenters. The van der Waals surface area contributed by atoms with E-state index in [9.17, 15) is 0 Å².